The molecule has 21 heavy (non-hydrogen) atoms. The molecule has 0 saturated carbocycles. The van der Waals surface area contributed by atoms with Crippen LogP contribution in [0.1, 0.15) is 29.7 Å². The zero-order valence-electron chi connectivity index (χ0n) is 11.3. The average Bonchev–Trinajstić information content (AvgIpc) is 2.79. The second-order valence-corrected chi connectivity index (χ2v) is 5.59. The molecule has 6 nitrogen and oxygen atoms in total. The third-order valence-electron chi connectivity index (χ3n) is 3.04. The van der Waals surface area contributed by atoms with Crippen molar-refractivity contribution in [3.05, 3.63) is 50.2 Å². The number of halogens is 1. The van der Waals surface area contributed by atoms with E-state index in [1.165, 1.54) is 6.07 Å². The van der Waals surface area contributed by atoms with Gasteiger partial charge in [0.15, 0.2) is 5.15 Å². The molecule has 1 atom stereocenters. The van der Waals surface area contributed by atoms with Crippen LogP contribution in [-0.2, 0) is 0 Å². The van der Waals surface area contributed by atoms with Gasteiger partial charge >= 0.3 is 0 Å². The van der Waals surface area contributed by atoms with E-state index >= 15 is 0 Å². The van der Waals surface area contributed by atoms with Gasteiger partial charge in [-0.2, -0.15) is 9.64 Å². The van der Waals surface area contributed by atoms with Crippen molar-refractivity contribution in [2.75, 3.05) is 5.32 Å². The number of hydrogen-bond acceptors (Lipinski definition) is 6. The highest BCUT2D eigenvalue weighted by atomic mass is 35.5. The minimum atomic E-state index is -0.407. The fourth-order valence-electron chi connectivity index (χ4n) is 1.84. The fraction of sp³-hybridized carbons (Fsp3) is 0.231. The molecule has 1 unspecified atom stereocenters. The van der Waals surface area contributed by atoms with Crippen LogP contribution in [0.2, 0.25) is 5.15 Å². The van der Waals surface area contributed by atoms with Gasteiger partial charge < -0.3 is 5.32 Å². The van der Waals surface area contributed by atoms with Crippen LogP contribution in [0.5, 0.6) is 0 Å². The molecule has 1 aromatic carbocycles. The van der Waals surface area contributed by atoms with Crippen LogP contribution in [0.3, 0.4) is 0 Å². The minimum Gasteiger partial charge on any atom is -0.368 e. The van der Waals surface area contributed by atoms with Crippen molar-refractivity contribution in [2.45, 2.75) is 19.9 Å². The number of nitro benzene ring substituents is 1. The Bertz CT molecular complexity index is 738. The second kappa shape index (κ2) is 6.08. The first-order valence-corrected chi connectivity index (χ1v) is 7.16. The number of hydrogen-bond donors (Lipinski definition) is 1. The number of nitro groups is 1. The van der Waals surface area contributed by atoms with Gasteiger partial charge in [-0.15, -0.1) is 0 Å². The van der Waals surface area contributed by atoms with E-state index in [4.69, 9.17) is 16.9 Å². The first-order valence-electron chi connectivity index (χ1n) is 6.00. The number of aryl methyl sites for hydroxylation is 1. The van der Waals surface area contributed by atoms with Gasteiger partial charge in [0.25, 0.3) is 5.69 Å². The molecule has 0 radical (unpaired) electrons. The Morgan fingerprint density at radius 2 is 2.29 bits per heavy atom. The second-order valence-electron chi connectivity index (χ2n) is 4.46. The van der Waals surface area contributed by atoms with Gasteiger partial charge in [-0.05, 0) is 30.9 Å². The molecular formula is C13H11ClN4O2S. The summed E-state index contributed by atoms with van der Waals surface area (Å²) >= 11 is 6.90. The van der Waals surface area contributed by atoms with E-state index < -0.39 is 4.92 Å². The molecular weight excluding hydrogens is 312 g/mol. The van der Waals surface area contributed by atoms with Crippen molar-refractivity contribution in [1.29, 1.82) is 5.26 Å². The summed E-state index contributed by atoms with van der Waals surface area (Å²) in [5.41, 5.74) is 1.72. The third kappa shape index (κ3) is 3.12. The average molecular weight is 323 g/mol. The van der Waals surface area contributed by atoms with Gasteiger partial charge in [0.05, 0.1) is 4.92 Å². The van der Waals surface area contributed by atoms with Crippen LogP contribution in [0.25, 0.3) is 0 Å². The smallest absolute Gasteiger partial charge is 0.272 e. The van der Waals surface area contributed by atoms with E-state index in [0.29, 0.717) is 10.6 Å². The van der Waals surface area contributed by atoms with Crippen LogP contribution in [0, 0.1) is 28.4 Å². The summed E-state index contributed by atoms with van der Waals surface area (Å²) in [7, 11) is 0. The molecule has 0 aliphatic heterocycles. The zero-order chi connectivity index (χ0) is 15.6. The molecule has 0 spiro atoms. The lowest BCUT2D eigenvalue weighted by atomic mass is 10.0. The quantitative estimate of drug-likeness (QED) is 0.677. The van der Waals surface area contributed by atoms with Gasteiger partial charge in [0.2, 0.25) is 0 Å². The van der Waals surface area contributed by atoms with Gasteiger partial charge in [-0.25, -0.2) is 0 Å². The van der Waals surface area contributed by atoms with Gasteiger partial charge in [0, 0.05) is 17.7 Å². The van der Waals surface area contributed by atoms with E-state index in [1.807, 2.05) is 19.1 Å². The van der Waals surface area contributed by atoms with E-state index in [2.05, 4.69) is 9.69 Å². The van der Waals surface area contributed by atoms with Crippen molar-refractivity contribution in [1.82, 2.24) is 4.37 Å². The van der Waals surface area contributed by atoms with Crippen molar-refractivity contribution in [2.24, 2.45) is 0 Å². The minimum absolute atomic E-state index is 0.0731. The van der Waals surface area contributed by atoms with Crippen molar-refractivity contribution in [3.8, 4) is 6.07 Å². The predicted octanol–water partition coefficient (Wildman–Crippen LogP) is 4.06. The topological polar surface area (TPSA) is 91.8 Å². The number of anilines is 1. The largest absolute Gasteiger partial charge is 0.368 e. The van der Waals surface area contributed by atoms with Crippen LogP contribution >= 0.6 is 23.1 Å². The summed E-state index contributed by atoms with van der Waals surface area (Å²) in [6, 6.07) is 6.82. The fourth-order valence-corrected chi connectivity index (χ4v) is 2.86. The SMILES string of the molecule is Cc1ccc(C(C)Nc2snc(Cl)c2C#N)cc1[N+](=O)[O-]. The van der Waals surface area contributed by atoms with E-state index in [-0.39, 0.29) is 22.4 Å². The summed E-state index contributed by atoms with van der Waals surface area (Å²) in [5.74, 6) is 0. The molecule has 1 N–H and O–H groups in total. The lowest BCUT2D eigenvalue weighted by Crippen LogP contribution is -2.07. The highest BCUT2D eigenvalue weighted by Gasteiger charge is 2.17. The maximum atomic E-state index is 11.0. The summed E-state index contributed by atoms with van der Waals surface area (Å²) in [4.78, 5) is 10.6. The highest BCUT2D eigenvalue weighted by molar-refractivity contribution is 7.10. The molecule has 8 heteroatoms. The molecule has 2 aromatic rings. The lowest BCUT2D eigenvalue weighted by Gasteiger charge is -2.14. The van der Waals surface area contributed by atoms with E-state index in [1.54, 1.807) is 13.0 Å². The van der Waals surface area contributed by atoms with Crippen molar-refractivity contribution < 1.29 is 4.92 Å². The van der Waals surface area contributed by atoms with Crippen LogP contribution in [0.15, 0.2) is 18.2 Å². The van der Waals surface area contributed by atoms with Crippen LogP contribution < -0.4 is 5.32 Å². The molecule has 1 aromatic heterocycles. The first kappa shape index (κ1) is 15.2. The Labute approximate surface area is 130 Å². The monoisotopic (exact) mass is 322 g/mol. The van der Waals surface area contributed by atoms with E-state index in [9.17, 15) is 10.1 Å². The van der Waals surface area contributed by atoms with E-state index in [0.717, 1.165) is 17.1 Å². The molecule has 1 heterocycles. The Morgan fingerprint density at radius 3 is 2.90 bits per heavy atom. The Kier molecular flexibility index (Phi) is 4.40. The summed E-state index contributed by atoms with van der Waals surface area (Å²) < 4.78 is 3.91. The lowest BCUT2D eigenvalue weighted by molar-refractivity contribution is -0.385. The molecule has 0 bridgehead atoms. The summed E-state index contributed by atoms with van der Waals surface area (Å²) in [6.07, 6.45) is 0. The number of nitrogens with zero attached hydrogens (tertiary/aromatic N) is 3. The molecule has 0 amide bonds. The molecule has 0 aliphatic carbocycles. The number of benzene rings is 1. The first-order chi connectivity index (χ1) is 9.93. The predicted molar refractivity (Wildman–Crippen MR) is 81.7 cm³/mol. The maximum Gasteiger partial charge on any atom is 0.272 e. The highest BCUT2D eigenvalue weighted by Crippen LogP contribution is 2.32. The van der Waals surface area contributed by atoms with Crippen molar-refractivity contribution >= 4 is 33.8 Å². The summed E-state index contributed by atoms with van der Waals surface area (Å²) in [5, 5.41) is 23.8. The maximum absolute atomic E-state index is 11.0. The van der Waals surface area contributed by atoms with Gasteiger partial charge in [0.1, 0.15) is 16.6 Å². The normalized spacial score (nSPS) is 11.7. The Morgan fingerprint density at radius 1 is 1.57 bits per heavy atom. The van der Waals surface area contributed by atoms with Gasteiger partial charge in [-0.1, -0.05) is 23.7 Å². The molecule has 0 fully saturated rings. The number of nitrogens with one attached hydrogen (secondary N) is 1. The number of aromatic nitrogens is 1. The number of rotatable bonds is 4. The molecule has 0 saturated heterocycles. The standard InChI is InChI=1S/C13H11ClN4O2S/c1-7-3-4-9(5-11(7)18(19)20)8(2)16-13-10(6-15)12(14)17-21-13/h3-5,8,16H,1-2H3. The zero-order valence-corrected chi connectivity index (χ0v) is 12.8. The molecule has 2 rings (SSSR count). The third-order valence-corrected chi connectivity index (χ3v) is 4.19. The van der Waals surface area contributed by atoms with Crippen LogP contribution in [0.4, 0.5) is 10.7 Å². The summed E-state index contributed by atoms with van der Waals surface area (Å²) in [6.45, 7) is 3.54. The van der Waals surface area contributed by atoms with Gasteiger partial charge in [-0.3, -0.25) is 10.1 Å². The van der Waals surface area contributed by atoms with Crippen molar-refractivity contribution in [3.63, 3.8) is 0 Å². The van der Waals surface area contributed by atoms with Crippen LogP contribution in [-0.4, -0.2) is 9.30 Å². The Balaban J connectivity index is 2.29. The number of nitriles is 1. The molecule has 0 aliphatic rings. The molecule has 108 valence electrons. The Hall–Kier alpha value is -2.17.